The van der Waals surface area contributed by atoms with Crippen molar-refractivity contribution in [2.45, 2.75) is 38.6 Å². The van der Waals surface area contributed by atoms with Crippen molar-refractivity contribution in [2.75, 3.05) is 12.4 Å². The van der Waals surface area contributed by atoms with Gasteiger partial charge in [-0.1, -0.05) is 25.1 Å². The first-order chi connectivity index (χ1) is 10.3. The summed E-state index contributed by atoms with van der Waals surface area (Å²) < 4.78 is 5.23. The molecule has 0 heterocycles. The van der Waals surface area contributed by atoms with E-state index in [1.54, 1.807) is 7.11 Å². The van der Waals surface area contributed by atoms with Crippen molar-refractivity contribution in [1.29, 1.82) is 0 Å². The van der Waals surface area contributed by atoms with Crippen LogP contribution in [0.5, 0.6) is 5.75 Å². The van der Waals surface area contributed by atoms with E-state index < -0.39 is 0 Å². The molecule has 21 heavy (non-hydrogen) atoms. The maximum absolute atomic E-state index is 5.23. The Morgan fingerprint density at radius 2 is 1.81 bits per heavy atom. The molecule has 3 rings (SSSR count). The molecule has 0 saturated carbocycles. The number of benzene rings is 2. The minimum Gasteiger partial charge on any atom is -0.497 e. The van der Waals surface area contributed by atoms with E-state index in [1.807, 2.05) is 12.1 Å². The van der Waals surface area contributed by atoms with Gasteiger partial charge in [0.2, 0.25) is 0 Å². The third kappa shape index (κ3) is 3.05. The number of hydrogen-bond donors (Lipinski definition) is 1. The predicted octanol–water partition coefficient (Wildman–Crippen LogP) is 4.75. The van der Waals surface area contributed by atoms with Crippen molar-refractivity contribution in [1.82, 2.24) is 0 Å². The van der Waals surface area contributed by atoms with Gasteiger partial charge in [0.15, 0.2) is 0 Å². The summed E-state index contributed by atoms with van der Waals surface area (Å²) in [4.78, 5) is 0. The van der Waals surface area contributed by atoms with Gasteiger partial charge in [-0.05, 0) is 66.6 Å². The van der Waals surface area contributed by atoms with E-state index in [-0.39, 0.29) is 0 Å². The third-order valence-electron chi connectivity index (χ3n) is 4.37. The van der Waals surface area contributed by atoms with Gasteiger partial charge in [-0.3, -0.25) is 0 Å². The normalized spacial score (nSPS) is 14.6. The van der Waals surface area contributed by atoms with Gasteiger partial charge in [-0.25, -0.2) is 0 Å². The molecule has 0 bridgehead atoms. The van der Waals surface area contributed by atoms with E-state index in [1.165, 1.54) is 41.6 Å². The first-order valence-corrected chi connectivity index (χ1v) is 7.82. The van der Waals surface area contributed by atoms with Crippen molar-refractivity contribution in [3.63, 3.8) is 0 Å². The molecule has 2 aromatic carbocycles. The summed E-state index contributed by atoms with van der Waals surface area (Å²) in [5, 5.41) is 3.67. The summed E-state index contributed by atoms with van der Waals surface area (Å²) in [5.74, 6) is 0.908. The maximum Gasteiger partial charge on any atom is 0.118 e. The molecule has 0 radical (unpaired) electrons. The molecule has 1 N–H and O–H groups in total. The van der Waals surface area contributed by atoms with Gasteiger partial charge in [0.25, 0.3) is 0 Å². The van der Waals surface area contributed by atoms with Gasteiger partial charge in [0.1, 0.15) is 5.75 Å². The Hall–Kier alpha value is -1.96. The van der Waals surface area contributed by atoms with Crippen LogP contribution in [0.15, 0.2) is 42.5 Å². The zero-order valence-electron chi connectivity index (χ0n) is 12.9. The summed E-state index contributed by atoms with van der Waals surface area (Å²) in [6, 6.07) is 15.5. The first-order valence-electron chi connectivity index (χ1n) is 7.82. The van der Waals surface area contributed by atoms with Gasteiger partial charge >= 0.3 is 0 Å². The zero-order valence-corrected chi connectivity index (χ0v) is 12.9. The van der Waals surface area contributed by atoms with Crippen LogP contribution < -0.4 is 10.1 Å². The highest BCUT2D eigenvalue weighted by Crippen LogP contribution is 2.28. The molecule has 1 aliphatic rings. The fourth-order valence-electron chi connectivity index (χ4n) is 3.12. The second-order valence-corrected chi connectivity index (χ2v) is 5.72. The van der Waals surface area contributed by atoms with Crippen molar-refractivity contribution >= 4 is 5.69 Å². The molecule has 0 aromatic heterocycles. The number of ether oxygens (including phenoxy) is 1. The van der Waals surface area contributed by atoms with Crippen LogP contribution in [0.4, 0.5) is 5.69 Å². The van der Waals surface area contributed by atoms with Crippen molar-refractivity contribution in [2.24, 2.45) is 0 Å². The summed E-state index contributed by atoms with van der Waals surface area (Å²) in [6.07, 6.45) is 4.83. The van der Waals surface area contributed by atoms with Crippen molar-refractivity contribution < 1.29 is 4.74 Å². The predicted molar refractivity (Wildman–Crippen MR) is 88.1 cm³/mol. The molecule has 0 aliphatic heterocycles. The van der Waals surface area contributed by atoms with Crippen molar-refractivity contribution in [3.8, 4) is 5.75 Å². The SMILES string of the molecule is CCC(Nc1ccc2c(c1)CCC2)c1ccc(OC)cc1. The second kappa shape index (κ2) is 6.21. The minimum atomic E-state index is 0.343. The maximum atomic E-state index is 5.23. The highest BCUT2D eigenvalue weighted by molar-refractivity contribution is 5.51. The van der Waals surface area contributed by atoms with E-state index in [9.17, 15) is 0 Å². The van der Waals surface area contributed by atoms with E-state index in [0.29, 0.717) is 6.04 Å². The van der Waals surface area contributed by atoms with E-state index >= 15 is 0 Å². The smallest absolute Gasteiger partial charge is 0.118 e. The Kier molecular flexibility index (Phi) is 4.14. The molecule has 0 fully saturated rings. The number of methoxy groups -OCH3 is 1. The van der Waals surface area contributed by atoms with Crippen LogP contribution in [-0.4, -0.2) is 7.11 Å². The number of nitrogens with one attached hydrogen (secondary N) is 1. The lowest BCUT2D eigenvalue weighted by atomic mass is 10.0. The highest BCUT2D eigenvalue weighted by atomic mass is 16.5. The van der Waals surface area contributed by atoms with Crippen LogP contribution >= 0.6 is 0 Å². The van der Waals surface area contributed by atoms with Gasteiger partial charge in [-0.15, -0.1) is 0 Å². The average molecular weight is 281 g/mol. The molecule has 1 aliphatic carbocycles. The lowest BCUT2D eigenvalue weighted by molar-refractivity contribution is 0.414. The summed E-state index contributed by atoms with van der Waals surface area (Å²) in [5.41, 5.74) is 5.58. The molecule has 1 atom stereocenters. The Bertz CT molecular complexity index is 603. The van der Waals surface area contributed by atoms with E-state index in [4.69, 9.17) is 4.74 Å². The molecule has 0 amide bonds. The lowest BCUT2D eigenvalue weighted by Gasteiger charge is -2.20. The molecule has 0 spiro atoms. The van der Waals surface area contributed by atoms with E-state index in [0.717, 1.165) is 12.2 Å². The van der Waals surface area contributed by atoms with Gasteiger partial charge in [0, 0.05) is 5.69 Å². The molecule has 2 aromatic rings. The fourth-order valence-corrected chi connectivity index (χ4v) is 3.12. The van der Waals surface area contributed by atoms with Crippen LogP contribution in [0.25, 0.3) is 0 Å². The van der Waals surface area contributed by atoms with Crippen molar-refractivity contribution in [3.05, 3.63) is 59.2 Å². The summed E-state index contributed by atoms with van der Waals surface area (Å²) >= 11 is 0. The summed E-state index contributed by atoms with van der Waals surface area (Å²) in [6.45, 7) is 2.22. The van der Waals surface area contributed by atoms with Crippen LogP contribution in [0.2, 0.25) is 0 Å². The number of fused-ring (bicyclic) bond motifs is 1. The van der Waals surface area contributed by atoms with Crippen LogP contribution in [0, 0.1) is 0 Å². The van der Waals surface area contributed by atoms with E-state index in [2.05, 4.69) is 42.6 Å². The molecule has 0 saturated heterocycles. The average Bonchev–Trinajstić information content (AvgIpc) is 3.00. The Morgan fingerprint density at radius 1 is 1.05 bits per heavy atom. The van der Waals surface area contributed by atoms with Crippen LogP contribution in [-0.2, 0) is 12.8 Å². The van der Waals surface area contributed by atoms with Gasteiger partial charge in [-0.2, -0.15) is 0 Å². The Balaban J connectivity index is 1.77. The summed E-state index contributed by atoms with van der Waals surface area (Å²) in [7, 11) is 1.70. The number of hydrogen-bond acceptors (Lipinski definition) is 2. The number of anilines is 1. The largest absolute Gasteiger partial charge is 0.497 e. The molecular formula is C19H23NO. The minimum absolute atomic E-state index is 0.343. The first kappa shape index (κ1) is 14.0. The standard InChI is InChI=1S/C19H23NO/c1-3-19(15-8-11-18(21-2)12-9-15)20-17-10-7-14-5-4-6-16(14)13-17/h7-13,19-20H,3-6H2,1-2H3. The molecule has 1 unspecified atom stereocenters. The molecular weight excluding hydrogens is 258 g/mol. The van der Waals surface area contributed by atoms with Gasteiger partial charge < -0.3 is 10.1 Å². The van der Waals surface area contributed by atoms with Gasteiger partial charge in [0.05, 0.1) is 13.2 Å². The van der Waals surface area contributed by atoms with Crippen LogP contribution in [0.3, 0.4) is 0 Å². The third-order valence-corrected chi connectivity index (χ3v) is 4.37. The fraction of sp³-hybridized carbons (Fsp3) is 0.368. The number of aryl methyl sites for hydroxylation is 2. The monoisotopic (exact) mass is 281 g/mol. The second-order valence-electron chi connectivity index (χ2n) is 5.72. The molecule has 110 valence electrons. The topological polar surface area (TPSA) is 21.3 Å². The Labute approximate surface area is 127 Å². The quantitative estimate of drug-likeness (QED) is 0.854. The molecule has 2 nitrogen and oxygen atoms in total. The van der Waals surface area contributed by atoms with Crippen LogP contribution in [0.1, 0.15) is 42.5 Å². The lowest BCUT2D eigenvalue weighted by Crippen LogP contribution is -2.09. The highest BCUT2D eigenvalue weighted by Gasteiger charge is 2.13. The number of rotatable bonds is 5. The zero-order chi connectivity index (χ0) is 14.7. The Morgan fingerprint density at radius 3 is 2.52 bits per heavy atom. The molecule has 2 heteroatoms.